The van der Waals surface area contributed by atoms with Crippen LogP contribution in [0, 0.1) is 0 Å². The Hall–Kier alpha value is -2.29. The Balaban J connectivity index is 1.66. The number of nitrogens with zero attached hydrogens (tertiary/aromatic N) is 5. The molecule has 4 heterocycles. The number of anilines is 1. The normalized spacial score (nSPS) is 27.6. The summed E-state index contributed by atoms with van der Waals surface area (Å²) in [7, 11) is -4.10. The molecule has 2 fully saturated rings. The number of hydrogen-bond acceptors (Lipinski definition) is 8. The number of morpholine rings is 1. The zero-order valence-electron chi connectivity index (χ0n) is 18.6. The summed E-state index contributed by atoms with van der Waals surface area (Å²) in [5, 5.41) is 7.01. The predicted octanol–water partition coefficient (Wildman–Crippen LogP) is 3.18. The fourth-order valence-electron chi connectivity index (χ4n) is 4.19. The topological polar surface area (TPSA) is 102 Å². The first-order valence-electron chi connectivity index (χ1n) is 10.7. The van der Waals surface area contributed by atoms with E-state index in [1.54, 1.807) is 6.20 Å². The van der Waals surface area contributed by atoms with Crippen molar-refractivity contribution in [3.63, 3.8) is 0 Å². The number of nitrogens with one attached hydrogen (secondary N) is 1. The molecule has 3 aromatic heterocycles. The van der Waals surface area contributed by atoms with Crippen molar-refractivity contribution in [2.24, 2.45) is 0 Å². The van der Waals surface area contributed by atoms with E-state index in [0.717, 1.165) is 0 Å². The molecule has 34 heavy (non-hydrogen) atoms. The molecule has 0 aromatic carbocycles. The van der Waals surface area contributed by atoms with Gasteiger partial charge in [-0.1, -0.05) is 11.3 Å². The van der Waals surface area contributed by atoms with Gasteiger partial charge in [-0.05, 0) is 26.8 Å². The Morgan fingerprint density at radius 3 is 2.53 bits per heavy atom. The molecule has 9 nitrogen and oxygen atoms in total. The van der Waals surface area contributed by atoms with Crippen LogP contribution >= 0.6 is 11.3 Å². The van der Waals surface area contributed by atoms with Crippen LogP contribution in [0.5, 0.6) is 0 Å². The molecule has 1 saturated carbocycles. The molecule has 14 heteroatoms. The van der Waals surface area contributed by atoms with Crippen LogP contribution in [0.15, 0.2) is 23.4 Å². The van der Waals surface area contributed by atoms with Crippen molar-refractivity contribution in [3.8, 4) is 10.8 Å². The van der Waals surface area contributed by atoms with Crippen molar-refractivity contribution in [1.29, 1.82) is 0 Å². The first kappa shape index (κ1) is 23.5. The number of pyridine rings is 1. The molecule has 5 rings (SSSR count). The van der Waals surface area contributed by atoms with Gasteiger partial charge in [0.15, 0.2) is 15.8 Å². The summed E-state index contributed by atoms with van der Waals surface area (Å²) >= 11 is 0.686. The monoisotopic (exact) mass is 516 g/mol. The number of sulfonamides is 1. The molecule has 3 aromatic rings. The average molecular weight is 517 g/mol. The van der Waals surface area contributed by atoms with Gasteiger partial charge in [0.2, 0.25) is 10.0 Å². The summed E-state index contributed by atoms with van der Waals surface area (Å²) in [6, 6.07) is 1.53. The summed E-state index contributed by atoms with van der Waals surface area (Å²) in [5.74, 6) is 0.188. The lowest BCUT2D eigenvalue weighted by Gasteiger charge is -2.37. The van der Waals surface area contributed by atoms with Gasteiger partial charge in [-0.2, -0.15) is 0 Å². The minimum Gasteiger partial charge on any atom is -0.372 e. The van der Waals surface area contributed by atoms with E-state index in [0.29, 0.717) is 35.6 Å². The number of halogens is 3. The Morgan fingerprint density at radius 1 is 1.26 bits per heavy atom. The molecule has 0 unspecified atom stereocenters. The molecule has 0 radical (unpaired) electrons. The van der Waals surface area contributed by atoms with Gasteiger partial charge in [0.25, 0.3) is 6.43 Å². The van der Waals surface area contributed by atoms with E-state index < -0.39 is 33.2 Å². The fourth-order valence-corrected chi connectivity index (χ4v) is 6.33. The van der Waals surface area contributed by atoms with Gasteiger partial charge in [0.05, 0.1) is 35.1 Å². The lowest BCUT2D eigenvalue weighted by molar-refractivity contribution is -0.00516. The van der Waals surface area contributed by atoms with E-state index in [1.807, 2.05) is 18.7 Å². The Morgan fingerprint density at radius 2 is 1.94 bits per heavy atom. The number of fused-ring (bicyclic) bond motifs is 1. The fraction of sp³-hybridized carbons (Fsp3) is 0.550. The van der Waals surface area contributed by atoms with Crippen LogP contribution in [0.25, 0.3) is 16.3 Å². The minimum atomic E-state index is -4.10. The van der Waals surface area contributed by atoms with Crippen LogP contribution < -0.4 is 9.62 Å². The first-order valence-corrected chi connectivity index (χ1v) is 13.0. The molecule has 4 atom stereocenters. The SMILES string of the molecule is C[C@H]1CN(c2cc(S(=O)(=O)N[C@@]3(C)C[C@H]3F)cn3c(-c4nnc(C(F)F)s4)ncc23)C[C@H](C)O1. The zero-order valence-corrected chi connectivity index (χ0v) is 20.2. The third kappa shape index (κ3) is 4.16. The van der Waals surface area contributed by atoms with Crippen molar-refractivity contribution in [2.45, 2.75) is 62.4 Å². The molecule has 0 amide bonds. The first-order chi connectivity index (χ1) is 16.0. The maximum Gasteiger partial charge on any atom is 0.291 e. The third-order valence-electron chi connectivity index (χ3n) is 5.99. The number of hydrogen-bond donors (Lipinski definition) is 1. The van der Waals surface area contributed by atoms with Crippen molar-refractivity contribution in [2.75, 3.05) is 18.0 Å². The van der Waals surface area contributed by atoms with Crippen molar-refractivity contribution in [1.82, 2.24) is 24.3 Å². The Labute approximate surface area is 198 Å². The molecule has 1 N–H and O–H groups in total. The highest BCUT2D eigenvalue weighted by atomic mass is 32.2. The van der Waals surface area contributed by atoms with Crippen molar-refractivity contribution in [3.05, 3.63) is 23.5 Å². The van der Waals surface area contributed by atoms with E-state index in [1.165, 1.54) is 23.6 Å². The number of imidazole rings is 1. The zero-order chi connectivity index (χ0) is 24.4. The van der Waals surface area contributed by atoms with Crippen LogP contribution in [-0.2, 0) is 14.8 Å². The second-order valence-electron chi connectivity index (χ2n) is 9.00. The van der Waals surface area contributed by atoms with E-state index in [9.17, 15) is 21.6 Å². The number of rotatable bonds is 6. The quantitative estimate of drug-likeness (QED) is 0.537. The molecule has 0 spiro atoms. The van der Waals surface area contributed by atoms with E-state index in [-0.39, 0.29) is 34.4 Å². The van der Waals surface area contributed by atoms with Crippen LogP contribution in [0.1, 0.15) is 38.6 Å². The van der Waals surface area contributed by atoms with Gasteiger partial charge < -0.3 is 9.64 Å². The molecular weight excluding hydrogens is 493 g/mol. The molecule has 2 aliphatic rings. The second-order valence-corrected chi connectivity index (χ2v) is 11.7. The Bertz CT molecular complexity index is 1340. The highest BCUT2D eigenvalue weighted by Crippen LogP contribution is 2.40. The maximum absolute atomic E-state index is 13.8. The van der Waals surface area contributed by atoms with E-state index in [2.05, 4.69) is 19.9 Å². The van der Waals surface area contributed by atoms with Gasteiger partial charge >= 0.3 is 0 Å². The van der Waals surface area contributed by atoms with Gasteiger partial charge in [0, 0.05) is 25.7 Å². The summed E-state index contributed by atoms with van der Waals surface area (Å²) in [5.41, 5.74) is 0.00376. The lowest BCUT2D eigenvalue weighted by atomic mass is 10.2. The Kier molecular flexibility index (Phi) is 5.61. The number of aromatic nitrogens is 4. The highest BCUT2D eigenvalue weighted by Gasteiger charge is 2.53. The summed E-state index contributed by atoms with van der Waals surface area (Å²) in [6.45, 7) is 6.38. The minimum absolute atomic E-state index is 0.0946. The second kappa shape index (κ2) is 8.14. The van der Waals surface area contributed by atoms with E-state index in [4.69, 9.17) is 4.74 Å². The molecule has 1 aliphatic carbocycles. The van der Waals surface area contributed by atoms with E-state index >= 15 is 0 Å². The van der Waals surface area contributed by atoms with Crippen molar-refractivity contribution < 1.29 is 26.3 Å². The van der Waals surface area contributed by atoms with Gasteiger partial charge in [-0.15, -0.1) is 10.2 Å². The van der Waals surface area contributed by atoms with Gasteiger partial charge in [-0.25, -0.2) is 31.3 Å². The van der Waals surface area contributed by atoms with Gasteiger partial charge in [0.1, 0.15) is 11.1 Å². The average Bonchev–Trinajstić information content (AvgIpc) is 3.15. The van der Waals surface area contributed by atoms with Crippen LogP contribution in [-0.4, -0.2) is 65.0 Å². The molecule has 0 bridgehead atoms. The molecular formula is C20H23F3N6O3S2. The summed E-state index contributed by atoms with van der Waals surface area (Å²) < 4.78 is 76.1. The highest BCUT2D eigenvalue weighted by molar-refractivity contribution is 7.89. The summed E-state index contributed by atoms with van der Waals surface area (Å²) in [4.78, 5) is 6.25. The number of alkyl halides is 3. The number of ether oxygens (including phenoxy) is 1. The molecule has 184 valence electrons. The molecule has 1 aliphatic heterocycles. The smallest absolute Gasteiger partial charge is 0.291 e. The third-order valence-corrected chi connectivity index (χ3v) is 8.49. The summed E-state index contributed by atoms with van der Waals surface area (Å²) in [6.07, 6.45) is -1.25. The largest absolute Gasteiger partial charge is 0.372 e. The predicted molar refractivity (Wildman–Crippen MR) is 120 cm³/mol. The van der Waals surface area contributed by atoms with Crippen LogP contribution in [0.3, 0.4) is 0 Å². The van der Waals surface area contributed by atoms with Crippen LogP contribution in [0.2, 0.25) is 0 Å². The van der Waals surface area contributed by atoms with Crippen molar-refractivity contribution >= 4 is 32.6 Å². The van der Waals surface area contributed by atoms with Crippen LogP contribution in [0.4, 0.5) is 18.9 Å². The standard InChI is InChI=1S/C20H23F3N6O3S2/c1-10-7-28(8-11(2)32-10)13-4-12(34(30,31)27-20(3)5-15(20)21)9-29-14(13)6-24-17(29)19-26-25-18(33-19)16(22)23/h4,6,9-11,15-16,27H,5,7-8H2,1-3H3/t10-,11-,15+,20-/m0/s1. The van der Waals surface area contributed by atoms with Gasteiger partial charge in [-0.3, -0.25) is 4.40 Å². The molecule has 1 saturated heterocycles. The lowest BCUT2D eigenvalue weighted by Crippen LogP contribution is -2.45. The maximum atomic E-state index is 13.8.